The van der Waals surface area contributed by atoms with Crippen LogP contribution in [0.2, 0.25) is 0 Å². The van der Waals surface area contributed by atoms with Gasteiger partial charge in [0.05, 0.1) is 0 Å². The fourth-order valence-corrected chi connectivity index (χ4v) is 0.823. The molecule has 1 heterocycles. The van der Waals surface area contributed by atoms with Gasteiger partial charge < -0.3 is 5.32 Å². The Morgan fingerprint density at radius 3 is 2.33 bits per heavy atom. The predicted molar refractivity (Wildman–Crippen MR) is 33.8 cm³/mol. The highest BCUT2D eigenvalue weighted by Gasteiger charge is 2.32. The quantitative estimate of drug-likeness (QED) is 0.366. The van der Waals surface area contributed by atoms with E-state index in [4.69, 9.17) is 0 Å². The molecule has 0 unspecified atom stereocenters. The van der Waals surface area contributed by atoms with E-state index in [2.05, 4.69) is 18.1 Å². The van der Waals surface area contributed by atoms with Crippen LogP contribution in [0, 0.1) is 0 Å². The maximum Gasteiger partial charge on any atom is 0.334 e. The number of imide groups is 1. The standard InChI is InChI=1S/C4H6N2O2S/c1-2-3(7)6(9)4(8)5-2/h2,9H,1H3,(H,5,8)/t2-/m0/s1. The maximum atomic E-state index is 10.7. The van der Waals surface area contributed by atoms with E-state index in [0.717, 1.165) is 4.31 Å². The average Bonchev–Trinajstić information content (AvgIpc) is 1.98. The van der Waals surface area contributed by atoms with E-state index in [0.29, 0.717) is 0 Å². The Kier molecular flexibility index (Phi) is 1.36. The number of amides is 3. The van der Waals surface area contributed by atoms with Crippen molar-refractivity contribution in [3.63, 3.8) is 0 Å². The molecule has 0 saturated carbocycles. The number of hydrogen-bond donors (Lipinski definition) is 2. The van der Waals surface area contributed by atoms with Crippen LogP contribution in [-0.4, -0.2) is 22.3 Å². The molecule has 0 aromatic carbocycles. The van der Waals surface area contributed by atoms with Crippen LogP contribution in [-0.2, 0) is 4.79 Å². The molecule has 9 heavy (non-hydrogen) atoms. The lowest BCUT2D eigenvalue weighted by Gasteiger charge is -1.98. The molecule has 1 fully saturated rings. The van der Waals surface area contributed by atoms with Crippen molar-refractivity contribution in [1.82, 2.24) is 9.62 Å². The van der Waals surface area contributed by atoms with Crippen molar-refractivity contribution in [3.05, 3.63) is 0 Å². The molecule has 0 aliphatic carbocycles. The second-order valence-electron chi connectivity index (χ2n) is 1.82. The number of nitrogens with one attached hydrogen (secondary N) is 1. The lowest BCUT2D eigenvalue weighted by molar-refractivity contribution is -0.123. The minimum atomic E-state index is -0.448. The van der Waals surface area contributed by atoms with Crippen molar-refractivity contribution >= 4 is 24.8 Å². The zero-order chi connectivity index (χ0) is 7.02. The van der Waals surface area contributed by atoms with E-state index >= 15 is 0 Å². The van der Waals surface area contributed by atoms with Gasteiger partial charge in [0.1, 0.15) is 6.04 Å². The summed E-state index contributed by atoms with van der Waals surface area (Å²) in [5, 5.41) is 2.38. The van der Waals surface area contributed by atoms with Crippen LogP contribution in [0.3, 0.4) is 0 Å². The number of hydrogen-bond acceptors (Lipinski definition) is 3. The van der Waals surface area contributed by atoms with Crippen LogP contribution >= 0.6 is 12.8 Å². The molecule has 50 valence electrons. The second kappa shape index (κ2) is 1.91. The number of carbonyl (C=O) groups is 2. The smallest absolute Gasteiger partial charge is 0.325 e. The summed E-state index contributed by atoms with van der Waals surface area (Å²) in [5.41, 5.74) is 0. The summed E-state index contributed by atoms with van der Waals surface area (Å²) in [7, 11) is 0. The zero-order valence-corrected chi connectivity index (χ0v) is 5.68. The minimum absolute atomic E-state index is 0.302. The molecule has 0 aromatic rings. The summed E-state index contributed by atoms with van der Waals surface area (Å²) in [6, 6.07) is -0.870. The summed E-state index contributed by atoms with van der Waals surface area (Å²) >= 11 is 3.61. The van der Waals surface area contributed by atoms with Crippen molar-refractivity contribution in [1.29, 1.82) is 0 Å². The summed E-state index contributed by atoms with van der Waals surface area (Å²) < 4.78 is 0.769. The third-order valence-electron chi connectivity index (χ3n) is 1.11. The van der Waals surface area contributed by atoms with Gasteiger partial charge in [0.25, 0.3) is 5.91 Å². The first-order chi connectivity index (χ1) is 4.13. The third kappa shape index (κ3) is 0.873. The van der Waals surface area contributed by atoms with E-state index < -0.39 is 12.1 Å². The van der Waals surface area contributed by atoms with E-state index in [-0.39, 0.29) is 5.91 Å². The van der Waals surface area contributed by atoms with Gasteiger partial charge in [-0.1, -0.05) is 12.8 Å². The first-order valence-corrected chi connectivity index (χ1v) is 2.86. The monoisotopic (exact) mass is 146 g/mol. The van der Waals surface area contributed by atoms with Crippen LogP contribution in [0.1, 0.15) is 6.92 Å². The molecule has 0 spiro atoms. The Labute approximate surface area is 57.8 Å². The largest absolute Gasteiger partial charge is 0.334 e. The first kappa shape index (κ1) is 6.41. The number of thiol groups is 1. The van der Waals surface area contributed by atoms with Gasteiger partial charge in [0.15, 0.2) is 0 Å². The number of rotatable bonds is 0. The zero-order valence-electron chi connectivity index (χ0n) is 4.79. The Morgan fingerprint density at radius 2 is 2.22 bits per heavy atom. The minimum Gasteiger partial charge on any atom is -0.325 e. The molecule has 1 atom stereocenters. The van der Waals surface area contributed by atoms with Crippen molar-refractivity contribution in [3.8, 4) is 0 Å². The molecular weight excluding hydrogens is 140 g/mol. The third-order valence-corrected chi connectivity index (χ3v) is 1.49. The molecule has 1 rings (SSSR count). The normalized spacial score (nSPS) is 26.9. The fourth-order valence-electron chi connectivity index (χ4n) is 0.592. The molecular formula is C4H6N2O2S. The summed E-state index contributed by atoms with van der Waals surface area (Å²) in [5.74, 6) is -0.302. The van der Waals surface area contributed by atoms with Gasteiger partial charge in [0, 0.05) is 0 Å². The number of nitrogens with zero attached hydrogens (tertiary/aromatic N) is 1. The van der Waals surface area contributed by atoms with Crippen molar-refractivity contribution < 1.29 is 9.59 Å². The summed E-state index contributed by atoms with van der Waals surface area (Å²) in [6.45, 7) is 1.61. The van der Waals surface area contributed by atoms with Gasteiger partial charge in [0.2, 0.25) is 0 Å². The van der Waals surface area contributed by atoms with Crippen LogP contribution in [0.15, 0.2) is 0 Å². The van der Waals surface area contributed by atoms with Gasteiger partial charge in [-0.2, -0.15) is 0 Å². The van der Waals surface area contributed by atoms with E-state index in [1.165, 1.54) is 0 Å². The van der Waals surface area contributed by atoms with Gasteiger partial charge in [-0.15, -0.1) is 0 Å². The molecule has 1 aliphatic heterocycles. The van der Waals surface area contributed by atoms with Crippen LogP contribution < -0.4 is 5.32 Å². The Hall–Kier alpha value is -0.710. The lowest BCUT2D eigenvalue weighted by atomic mass is 10.4. The molecule has 0 radical (unpaired) electrons. The van der Waals surface area contributed by atoms with Gasteiger partial charge in [-0.3, -0.25) is 4.79 Å². The molecule has 0 aromatic heterocycles. The maximum absolute atomic E-state index is 10.7. The Balaban J connectivity index is 2.77. The van der Waals surface area contributed by atoms with Gasteiger partial charge in [-0.05, 0) is 6.92 Å². The molecule has 3 amide bonds. The van der Waals surface area contributed by atoms with Crippen LogP contribution in [0.5, 0.6) is 0 Å². The second-order valence-corrected chi connectivity index (χ2v) is 2.22. The van der Waals surface area contributed by atoms with Crippen LogP contribution in [0.4, 0.5) is 4.79 Å². The molecule has 0 bridgehead atoms. The van der Waals surface area contributed by atoms with Crippen molar-refractivity contribution in [2.75, 3.05) is 0 Å². The highest BCUT2D eigenvalue weighted by molar-refractivity contribution is 7.79. The highest BCUT2D eigenvalue weighted by Crippen LogP contribution is 2.06. The van der Waals surface area contributed by atoms with Crippen LogP contribution in [0.25, 0.3) is 0 Å². The molecule has 5 heteroatoms. The fraction of sp³-hybridized carbons (Fsp3) is 0.500. The van der Waals surface area contributed by atoms with Gasteiger partial charge in [-0.25, -0.2) is 9.10 Å². The molecule has 1 aliphatic rings. The SMILES string of the molecule is C[C@@H]1NC(=O)N(S)C1=O. The first-order valence-electron chi connectivity index (χ1n) is 2.46. The van der Waals surface area contributed by atoms with E-state index in [1.54, 1.807) is 6.92 Å². The highest BCUT2D eigenvalue weighted by atomic mass is 32.1. The van der Waals surface area contributed by atoms with E-state index in [1.807, 2.05) is 0 Å². The summed E-state index contributed by atoms with van der Waals surface area (Å²) in [6.07, 6.45) is 0. The summed E-state index contributed by atoms with van der Waals surface area (Å²) in [4.78, 5) is 21.2. The van der Waals surface area contributed by atoms with Crippen molar-refractivity contribution in [2.24, 2.45) is 0 Å². The molecule has 4 nitrogen and oxygen atoms in total. The Morgan fingerprint density at radius 1 is 1.67 bits per heavy atom. The lowest BCUT2D eigenvalue weighted by Crippen LogP contribution is -2.24. The number of carbonyl (C=O) groups excluding carboxylic acids is 2. The molecule has 1 saturated heterocycles. The van der Waals surface area contributed by atoms with Crippen molar-refractivity contribution in [2.45, 2.75) is 13.0 Å². The van der Waals surface area contributed by atoms with Gasteiger partial charge >= 0.3 is 6.03 Å². The Bertz CT molecular complexity index is 170. The van der Waals surface area contributed by atoms with E-state index in [9.17, 15) is 9.59 Å². The average molecular weight is 146 g/mol. The number of urea groups is 1. The predicted octanol–water partition coefficient (Wildman–Crippen LogP) is -0.228. The topological polar surface area (TPSA) is 49.4 Å². The molecule has 1 N–H and O–H groups in total.